The number of rotatable bonds is 4. The standard InChI is InChI=1S/C29H27ClN2O5S/c1-28-13-8-16-37-27(36)23(28)22-25(34)32(21(17-33)18-9-3-2-4-10-18)24-26(35)31(15-7-14-29(22,24)38-28)20-12-6-5-11-19(20)30/h2-14,21-24,33H,15-17H2,1H3/t21-,22+,23-,24?,28+,29+/m1/s1. The molecule has 2 saturated heterocycles. The van der Waals surface area contributed by atoms with E-state index in [1.54, 1.807) is 29.2 Å². The van der Waals surface area contributed by atoms with Gasteiger partial charge in [-0.05, 0) is 30.7 Å². The minimum atomic E-state index is -1.05. The summed E-state index contributed by atoms with van der Waals surface area (Å²) in [7, 11) is 0. The average Bonchev–Trinajstić information content (AvgIpc) is 3.17. The van der Waals surface area contributed by atoms with Crippen LogP contribution in [0.1, 0.15) is 18.5 Å². The number of carbonyl (C=O) groups excluding carboxylic acids is 3. The Labute approximate surface area is 230 Å². The number of ether oxygens (including phenoxy) is 1. The maximum atomic E-state index is 14.6. The van der Waals surface area contributed by atoms with Crippen molar-refractivity contribution >= 4 is 46.8 Å². The third kappa shape index (κ3) is 3.57. The van der Waals surface area contributed by atoms with Crippen molar-refractivity contribution < 1.29 is 24.2 Å². The van der Waals surface area contributed by atoms with E-state index in [9.17, 15) is 19.5 Å². The van der Waals surface area contributed by atoms with Gasteiger partial charge in [0.15, 0.2) is 0 Å². The Morgan fingerprint density at radius 3 is 2.50 bits per heavy atom. The Hall–Kier alpha value is -3.07. The van der Waals surface area contributed by atoms with Gasteiger partial charge in [-0.25, -0.2) is 0 Å². The molecule has 6 atom stereocenters. The summed E-state index contributed by atoms with van der Waals surface area (Å²) < 4.78 is 3.69. The first kappa shape index (κ1) is 25.2. The van der Waals surface area contributed by atoms with E-state index < -0.39 is 39.4 Å². The molecule has 7 nitrogen and oxygen atoms in total. The minimum Gasteiger partial charge on any atom is -0.461 e. The molecule has 6 rings (SSSR count). The van der Waals surface area contributed by atoms with Gasteiger partial charge in [-0.3, -0.25) is 14.4 Å². The zero-order valence-electron chi connectivity index (χ0n) is 20.7. The summed E-state index contributed by atoms with van der Waals surface area (Å²) in [6, 6.07) is 14.5. The second kappa shape index (κ2) is 9.29. The number of nitrogens with zero attached hydrogens (tertiary/aromatic N) is 2. The van der Waals surface area contributed by atoms with Crippen LogP contribution in [0.3, 0.4) is 0 Å². The molecule has 196 valence electrons. The molecule has 0 bridgehead atoms. The number of halogens is 1. The Balaban J connectivity index is 1.55. The number of aliphatic hydroxyl groups is 1. The molecular weight excluding hydrogens is 524 g/mol. The van der Waals surface area contributed by atoms with Crippen molar-refractivity contribution in [3.8, 4) is 0 Å². The molecule has 9 heteroatoms. The lowest BCUT2D eigenvalue weighted by Crippen LogP contribution is -2.54. The van der Waals surface area contributed by atoms with E-state index in [0.717, 1.165) is 0 Å². The lowest BCUT2D eigenvalue weighted by molar-refractivity contribution is -0.153. The van der Waals surface area contributed by atoms with Crippen LogP contribution in [-0.4, -0.2) is 63.1 Å². The first-order valence-electron chi connectivity index (χ1n) is 12.6. The summed E-state index contributed by atoms with van der Waals surface area (Å²) in [6.07, 6.45) is 7.56. The fraction of sp³-hybridized carbons (Fsp3) is 0.345. The second-order valence-corrected chi connectivity index (χ2v) is 12.4. The highest BCUT2D eigenvalue weighted by Gasteiger charge is 2.74. The van der Waals surface area contributed by atoms with E-state index in [0.29, 0.717) is 16.3 Å². The molecular formula is C29H27ClN2O5S. The maximum Gasteiger partial charge on any atom is 0.311 e. The molecule has 4 heterocycles. The van der Waals surface area contributed by atoms with Crippen LogP contribution in [-0.2, 0) is 19.1 Å². The minimum absolute atomic E-state index is 0.144. The number of likely N-dealkylation sites (tertiary alicyclic amines) is 1. The molecule has 0 aliphatic carbocycles. The van der Waals surface area contributed by atoms with Gasteiger partial charge >= 0.3 is 5.97 Å². The third-order valence-corrected chi connectivity index (χ3v) is 10.2. The number of carbonyl (C=O) groups is 3. The Morgan fingerprint density at radius 1 is 1.03 bits per heavy atom. The number of aliphatic hydroxyl groups excluding tert-OH is 1. The van der Waals surface area contributed by atoms with E-state index >= 15 is 0 Å². The number of thioether (sulfide) groups is 1. The van der Waals surface area contributed by atoms with Gasteiger partial charge in [0, 0.05) is 11.3 Å². The fourth-order valence-corrected chi connectivity index (χ4v) is 8.92. The molecule has 2 aromatic carbocycles. The number of para-hydroxylation sites is 1. The monoisotopic (exact) mass is 550 g/mol. The van der Waals surface area contributed by atoms with Crippen LogP contribution in [0.25, 0.3) is 0 Å². The van der Waals surface area contributed by atoms with E-state index in [1.807, 2.05) is 61.5 Å². The van der Waals surface area contributed by atoms with Crippen molar-refractivity contribution in [2.75, 3.05) is 24.7 Å². The zero-order valence-corrected chi connectivity index (χ0v) is 22.3. The largest absolute Gasteiger partial charge is 0.461 e. The van der Waals surface area contributed by atoms with Crippen molar-refractivity contribution in [3.63, 3.8) is 0 Å². The summed E-state index contributed by atoms with van der Waals surface area (Å²) in [4.78, 5) is 45.5. The van der Waals surface area contributed by atoms with Crippen LogP contribution < -0.4 is 4.90 Å². The topological polar surface area (TPSA) is 87.1 Å². The van der Waals surface area contributed by atoms with Crippen molar-refractivity contribution in [3.05, 3.63) is 89.5 Å². The lowest BCUT2D eigenvalue weighted by Gasteiger charge is -2.39. The third-order valence-electron chi connectivity index (χ3n) is 8.09. The molecule has 2 aromatic rings. The molecule has 1 N–H and O–H groups in total. The number of amides is 2. The highest BCUT2D eigenvalue weighted by molar-refractivity contribution is 8.02. The Bertz CT molecular complexity index is 1370. The molecule has 2 amide bonds. The average molecular weight is 551 g/mol. The van der Waals surface area contributed by atoms with Crippen molar-refractivity contribution in [2.24, 2.45) is 11.8 Å². The van der Waals surface area contributed by atoms with Gasteiger partial charge in [-0.2, -0.15) is 0 Å². The van der Waals surface area contributed by atoms with E-state index in [2.05, 4.69) is 0 Å². The zero-order chi connectivity index (χ0) is 26.7. The van der Waals surface area contributed by atoms with E-state index in [-0.39, 0.29) is 31.6 Å². The molecule has 0 radical (unpaired) electrons. The number of hydrogen-bond donors (Lipinski definition) is 1. The van der Waals surface area contributed by atoms with Gasteiger partial charge in [-0.15, -0.1) is 11.8 Å². The Morgan fingerprint density at radius 2 is 1.76 bits per heavy atom. The van der Waals surface area contributed by atoms with Gasteiger partial charge in [0.05, 0.1) is 39.9 Å². The molecule has 4 aliphatic heterocycles. The number of benzene rings is 2. The molecule has 0 aromatic heterocycles. The fourth-order valence-electron chi connectivity index (χ4n) is 6.55. The van der Waals surface area contributed by atoms with E-state index in [4.69, 9.17) is 16.3 Å². The van der Waals surface area contributed by atoms with Gasteiger partial charge < -0.3 is 19.6 Å². The molecule has 38 heavy (non-hydrogen) atoms. The number of esters is 1. The highest BCUT2D eigenvalue weighted by atomic mass is 35.5. The maximum absolute atomic E-state index is 14.6. The van der Waals surface area contributed by atoms with Gasteiger partial charge in [-0.1, -0.05) is 72.3 Å². The lowest BCUT2D eigenvalue weighted by atomic mass is 9.75. The number of cyclic esters (lactones) is 1. The number of anilines is 1. The summed E-state index contributed by atoms with van der Waals surface area (Å²) in [5, 5.41) is 11.0. The summed E-state index contributed by atoms with van der Waals surface area (Å²) in [5.41, 5.74) is 1.25. The smallest absolute Gasteiger partial charge is 0.311 e. The number of hydrogen-bond acceptors (Lipinski definition) is 6. The van der Waals surface area contributed by atoms with Crippen LogP contribution in [0.4, 0.5) is 5.69 Å². The van der Waals surface area contributed by atoms with E-state index in [1.165, 1.54) is 16.7 Å². The quantitative estimate of drug-likeness (QED) is 0.460. The van der Waals surface area contributed by atoms with Gasteiger partial charge in [0.2, 0.25) is 5.91 Å². The van der Waals surface area contributed by atoms with Crippen molar-refractivity contribution in [1.82, 2.24) is 4.90 Å². The first-order chi connectivity index (χ1) is 18.3. The number of fused-ring (bicyclic) bond motifs is 2. The normalized spacial score (nSPS) is 32.8. The first-order valence-corrected chi connectivity index (χ1v) is 13.8. The van der Waals surface area contributed by atoms with Crippen LogP contribution >= 0.6 is 23.4 Å². The summed E-state index contributed by atoms with van der Waals surface area (Å²) >= 11 is 7.99. The Kier molecular flexibility index (Phi) is 6.17. The molecule has 4 aliphatic rings. The van der Waals surface area contributed by atoms with Gasteiger partial charge in [0.25, 0.3) is 5.91 Å². The van der Waals surface area contributed by atoms with Gasteiger partial charge in [0.1, 0.15) is 12.6 Å². The molecule has 0 saturated carbocycles. The van der Waals surface area contributed by atoms with Crippen LogP contribution in [0.2, 0.25) is 5.02 Å². The van der Waals surface area contributed by atoms with Crippen LogP contribution in [0.5, 0.6) is 0 Å². The predicted molar refractivity (Wildman–Crippen MR) is 146 cm³/mol. The van der Waals surface area contributed by atoms with Crippen LogP contribution in [0.15, 0.2) is 78.9 Å². The molecule has 1 spiro atoms. The predicted octanol–water partition coefficient (Wildman–Crippen LogP) is 3.78. The summed E-state index contributed by atoms with van der Waals surface area (Å²) in [5.74, 6) is -2.73. The highest BCUT2D eigenvalue weighted by Crippen LogP contribution is 2.66. The molecule has 1 unspecified atom stereocenters. The second-order valence-electron chi connectivity index (χ2n) is 10.2. The van der Waals surface area contributed by atoms with Crippen molar-refractivity contribution in [2.45, 2.75) is 28.5 Å². The SMILES string of the molecule is C[C@]12C=CCOC(=O)[C@H]1[C@H]1C(=O)N([C@H](CO)c3ccccc3)C3C(=O)N(c4ccccc4Cl)CC=C[C@@]31S2. The van der Waals surface area contributed by atoms with Crippen LogP contribution in [0, 0.1) is 11.8 Å². The van der Waals surface area contributed by atoms with Crippen molar-refractivity contribution in [1.29, 1.82) is 0 Å². The summed E-state index contributed by atoms with van der Waals surface area (Å²) in [6.45, 7) is 1.95. The molecule has 2 fully saturated rings.